The highest BCUT2D eigenvalue weighted by atomic mass is 32.2. The normalized spacial score (nSPS) is 31.0. The zero-order valence-electron chi connectivity index (χ0n) is 41.5. The molecule has 81 heavy (non-hydrogen) atoms. The van der Waals surface area contributed by atoms with Gasteiger partial charge in [0, 0.05) is 54.8 Å². The van der Waals surface area contributed by atoms with Crippen LogP contribution >= 0.6 is 31.3 Å². The average molecular weight is 1240 g/mol. The summed E-state index contributed by atoms with van der Waals surface area (Å²) in [5.41, 5.74) is -1.02. The summed E-state index contributed by atoms with van der Waals surface area (Å²) in [5, 5.41) is 32.8. The molecule has 17 atom stereocenters. The van der Waals surface area contributed by atoms with Crippen LogP contribution < -0.4 is 45.2 Å². The molecule has 0 radical (unpaired) electrons. The van der Waals surface area contributed by atoms with E-state index in [1.165, 1.54) is 13.8 Å². The monoisotopic (exact) mass is 1240 g/mol. The number of nitrogens with two attached hydrogens (primary N) is 1. The molecule has 0 aromatic carbocycles. The number of aliphatic hydroxyl groups excluding tert-OH is 3. The molecule has 8 rings (SSSR count). The number of H-pyrrole nitrogens is 3. The van der Waals surface area contributed by atoms with Crippen molar-refractivity contribution in [1.82, 2.24) is 38.2 Å². The van der Waals surface area contributed by atoms with Gasteiger partial charge in [-0.25, -0.2) is 37.4 Å². The summed E-state index contributed by atoms with van der Waals surface area (Å²) in [7, 11) is -21.7. The van der Waals surface area contributed by atoms with Crippen LogP contribution in [0.25, 0.3) is 0 Å². The fraction of sp³-hybridized carbons (Fsp3) is 0.579. The van der Waals surface area contributed by atoms with Crippen LogP contribution in [0.5, 0.6) is 0 Å². The summed E-state index contributed by atoms with van der Waals surface area (Å²) in [6.45, 7) is -1.69. The van der Waals surface area contributed by atoms with Crippen molar-refractivity contribution >= 4 is 37.1 Å². The van der Waals surface area contributed by atoms with Gasteiger partial charge in [0.25, 0.3) is 16.7 Å². The van der Waals surface area contributed by atoms with Crippen molar-refractivity contribution in [3.05, 3.63) is 121 Å². The van der Waals surface area contributed by atoms with E-state index in [0.717, 1.165) is 50.6 Å². The Hall–Kier alpha value is -5.12. The average Bonchev–Trinajstić information content (AvgIpc) is 4.04. The van der Waals surface area contributed by atoms with E-state index in [-0.39, 0.29) is 16.9 Å². The van der Waals surface area contributed by atoms with Gasteiger partial charge in [0.05, 0.1) is 26.4 Å². The lowest BCUT2D eigenvalue weighted by Crippen LogP contribution is -2.38. The summed E-state index contributed by atoms with van der Waals surface area (Å²) < 4.78 is 114. The summed E-state index contributed by atoms with van der Waals surface area (Å²) >= 11 is 0. The number of rotatable bonds is 22. The fourth-order valence-corrected chi connectivity index (χ4v) is 11.9. The zero-order chi connectivity index (χ0) is 59.3. The highest BCUT2D eigenvalue weighted by Crippen LogP contribution is 2.54. The van der Waals surface area contributed by atoms with E-state index in [1.54, 1.807) is 0 Å². The van der Waals surface area contributed by atoms with Crippen LogP contribution in [0, 0.1) is 13.8 Å². The van der Waals surface area contributed by atoms with Crippen LogP contribution in [0.3, 0.4) is 0 Å². The van der Waals surface area contributed by atoms with Crippen LogP contribution in [0.1, 0.15) is 48.9 Å². The lowest BCUT2D eigenvalue weighted by atomic mass is 10.1. The van der Waals surface area contributed by atoms with Gasteiger partial charge in [-0.2, -0.15) is 4.98 Å². The minimum Gasteiger partial charge on any atom is -0.387 e. The SMILES string of the molecule is Cc1cn([C@H]2C[C@H](OP(=O)(O)OC[C@H]3O[C@@H](n4ccc(=O)[nH]c4=O)[C@H](O)[C@@H]3O)[C@@H](COP(=O)(O)O[C@@H]3[C@H](O)[C@@H](COP(=O)(O)O[C@H]4C[C@H](n5cc(C)c(=O)[nH]c5=O)O[C@@H]4CO[32P](=O)(O)O)O[C@H]3n3ccc(N)nc3=O)O2)c(=O)[nH]c1=O. The van der Waals surface area contributed by atoms with Crippen molar-refractivity contribution < 1.29 is 109 Å². The van der Waals surface area contributed by atoms with Crippen molar-refractivity contribution in [3.63, 3.8) is 0 Å². The first kappa shape index (κ1) is 61.9. The molecule has 13 N–H and O–H groups in total. The Balaban J connectivity index is 0.966. The highest BCUT2D eigenvalue weighted by Gasteiger charge is 2.52. The number of anilines is 1. The van der Waals surface area contributed by atoms with Crippen LogP contribution in [0.4, 0.5) is 5.82 Å². The molecule has 448 valence electrons. The molecular weight excluding hydrogens is 1190 g/mol. The van der Waals surface area contributed by atoms with E-state index < -0.39 is 196 Å². The van der Waals surface area contributed by atoms with E-state index in [4.69, 9.17) is 51.8 Å². The number of nitrogens with one attached hydrogen (secondary N) is 3. The maximum Gasteiger partial charge on any atom is 0.472 e. The molecule has 3 unspecified atom stereocenters. The number of hydrogen-bond acceptors (Lipinski definition) is 27. The first-order valence-electron chi connectivity index (χ1n) is 23.4. The first-order chi connectivity index (χ1) is 37.8. The number of phosphoric acid groups is 4. The third-order valence-corrected chi connectivity index (χ3v) is 16.1. The third kappa shape index (κ3) is 14.8. The molecular formula is C38H51N9O30P4. The topological polar surface area (TPSA) is 557 Å². The predicted molar refractivity (Wildman–Crippen MR) is 259 cm³/mol. The molecule has 8 heterocycles. The van der Waals surface area contributed by atoms with Gasteiger partial charge in [0.2, 0.25) is 0 Å². The summed E-state index contributed by atoms with van der Waals surface area (Å²) in [4.78, 5) is 148. The Morgan fingerprint density at radius 3 is 1.51 bits per heavy atom. The number of nitrogens with zero attached hydrogens (tertiary/aromatic N) is 5. The van der Waals surface area contributed by atoms with Crippen LogP contribution in [0.15, 0.2) is 70.5 Å². The second-order valence-electron chi connectivity index (χ2n) is 18.3. The molecule has 0 saturated carbocycles. The van der Waals surface area contributed by atoms with Gasteiger partial charge < -0.3 is 64.5 Å². The second-order valence-corrected chi connectivity index (χ2v) is 23.7. The van der Waals surface area contributed by atoms with Crippen molar-refractivity contribution in [2.24, 2.45) is 0 Å². The number of ether oxygens (including phenoxy) is 4. The second kappa shape index (κ2) is 24.2. The fourth-order valence-electron chi connectivity index (χ4n) is 8.66. The lowest BCUT2D eigenvalue weighted by Gasteiger charge is -2.26. The van der Waals surface area contributed by atoms with Gasteiger partial charge in [-0.3, -0.25) is 79.3 Å². The number of hydrogen-bond donors (Lipinski definition) is 12. The first-order valence-corrected chi connectivity index (χ1v) is 29.4. The molecule has 4 aromatic rings. The van der Waals surface area contributed by atoms with Crippen LogP contribution in [-0.4, -0.2) is 165 Å². The molecule has 0 bridgehead atoms. The zero-order valence-corrected chi connectivity index (χ0v) is 45.0. The van der Waals surface area contributed by atoms with Crippen LogP contribution in [-0.2, 0) is 68.9 Å². The van der Waals surface area contributed by atoms with Gasteiger partial charge in [0.15, 0.2) is 12.5 Å². The quantitative estimate of drug-likeness (QED) is 0.0328. The number of nitrogen functional groups attached to an aromatic ring is 1. The summed E-state index contributed by atoms with van der Waals surface area (Å²) in [6.07, 6.45) is -22.0. The molecule has 4 saturated heterocycles. The van der Waals surface area contributed by atoms with E-state index in [2.05, 4.69) is 9.51 Å². The molecule has 39 nitrogen and oxygen atoms in total. The molecule has 0 spiro atoms. The Morgan fingerprint density at radius 1 is 0.568 bits per heavy atom. The Bertz CT molecular complexity index is 3620. The molecule has 4 fully saturated rings. The van der Waals surface area contributed by atoms with Crippen molar-refractivity contribution in [2.45, 2.75) is 113 Å². The van der Waals surface area contributed by atoms with E-state index >= 15 is 0 Å². The molecule has 4 aliphatic rings. The van der Waals surface area contributed by atoms with E-state index in [0.29, 0.717) is 4.57 Å². The minimum atomic E-state index is -5.67. The smallest absolute Gasteiger partial charge is 0.387 e. The van der Waals surface area contributed by atoms with Crippen molar-refractivity contribution in [3.8, 4) is 0 Å². The maximum absolute atomic E-state index is 13.8. The van der Waals surface area contributed by atoms with Crippen molar-refractivity contribution in [2.75, 3.05) is 32.2 Å². The Morgan fingerprint density at radius 2 is 1.01 bits per heavy atom. The van der Waals surface area contributed by atoms with E-state index in [9.17, 15) is 91.6 Å². The van der Waals surface area contributed by atoms with E-state index in [1.807, 2.05) is 15.0 Å². The standard InChI is InChI=1S/C38H51N9O30P4/c1-15-9-46(37(56)42-31(15)52)25-7-17(19(71-25)11-67-78(58,59)60)75-80(63,64)70-14-22-28(50)30(34(74-22)45-5-3-23(39)40-35(45)54)77-81(65,66)68-12-20-18(8-26(72-20)47-10-16(2)32(53)43-38(47)57)76-79(61,62)69-13-21-27(49)29(51)33(73-21)44-6-4-24(48)41-36(44)55/h3-6,9-10,17-22,25-30,33-34,49-51H,7-8,11-14H2,1-2H3,(H,61,62)(H,63,64)(H,65,66)(H2,39,40,54)(H,41,48,55)(H,42,52,56)(H,43,53,57)(H2,58,59,60)/t17-,18-,19+,20+,21+,22+,25+,26+,27+,28+,29+,30+,33+,34+/m0/s1/i78+1. The number of aliphatic hydroxyl groups is 3. The van der Waals surface area contributed by atoms with Gasteiger partial charge in [-0.1, -0.05) is 0 Å². The maximum atomic E-state index is 13.8. The highest BCUT2D eigenvalue weighted by molar-refractivity contribution is 7.48. The Labute approximate surface area is 448 Å². The Kier molecular flexibility index (Phi) is 18.5. The lowest BCUT2D eigenvalue weighted by molar-refractivity contribution is -0.0670. The number of phosphoric ester groups is 4. The molecule has 43 heteroatoms. The molecule has 0 amide bonds. The minimum absolute atomic E-state index is 0.0189. The molecule has 4 aromatic heterocycles. The van der Waals surface area contributed by atoms with Gasteiger partial charge in [-0.05, 0) is 19.9 Å². The number of aryl methyl sites for hydroxylation is 2. The van der Waals surface area contributed by atoms with Gasteiger partial charge in [0.1, 0.15) is 79.3 Å². The van der Waals surface area contributed by atoms with Crippen LogP contribution in [0.2, 0.25) is 0 Å². The largest absolute Gasteiger partial charge is 0.472 e. The summed E-state index contributed by atoms with van der Waals surface area (Å²) in [6, 6.07) is 1.97. The van der Waals surface area contributed by atoms with Gasteiger partial charge >= 0.3 is 54.0 Å². The number of aromatic nitrogens is 8. The number of aromatic amines is 3. The third-order valence-electron chi connectivity index (χ3n) is 12.6. The molecule has 4 aliphatic heterocycles. The molecule has 0 aliphatic carbocycles. The van der Waals surface area contributed by atoms with Crippen molar-refractivity contribution in [1.29, 1.82) is 0 Å². The van der Waals surface area contributed by atoms with Gasteiger partial charge in [-0.15, -0.1) is 0 Å². The summed E-state index contributed by atoms with van der Waals surface area (Å²) in [5.74, 6) is -0.328. The predicted octanol–water partition coefficient (Wildman–Crippen LogP) is -4.84.